The number of rotatable bonds is 2. The fourth-order valence-electron chi connectivity index (χ4n) is 2.19. The van der Waals surface area contributed by atoms with E-state index in [9.17, 15) is 15.0 Å². The van der Waals surface area contributed by atoms with Crippen LogP contribution in [0.5, 0.6) is 5.75 Å². The van der Waals surface area contributed by atoms with Crippen molar-refractivity contribution in [2.45, 2.75) is 37.4 Å². The Hall–Kier alpha value is -1.39. The number of phenols is 1. The first kappa shape index (κ1) is 12.1. The third-order valence-corrected chi connectivity index (χ3v) is 3.33. The molecule has 2 rings (SSSR count). The van der Waals surface area contributed by atoms with Gasteiger partial charge in [0.25, 0.3) is 0 Å². The van der Waals surface area contributed by atoms with Crippen LogP contribution >= 0.6 is 0 Å². The zero-order valence-corrected chi connectivity index (χ0v) is 9.47. The van der Waals surface area contributed by atoms with E-state index in [0.717, 1.165) is 0 Å². The average Bonchev–Trinajstić information content (AvgIpc) is 2.33. The molecule has 0 atom stereocenters. The maximum absolute atomic E-state index is 12.1. The van der Waals surface area contributed by atoms with E-state index in [4.69, 9.17) is 5.11 Å². The van der Waals surface area contributed by atoms with Gasteiger partial charge in [0.1, 0.15) is 11.4 Å². The molecule has 4 nitrogen and oxygen atoms in total. The molecule has 0 aromatic heterocycles. The lowest BCUT2D eigenvalue weighted by Crippen LogP contribution is -2.43. The lowest BCUT2D eigenvalue weighted by atomic mass is 9.78. The summed E-state index contributed by atoms with van der Waals surface area (Å²) in [5.74, 6) is -0.239. The molecule has 3 N–H and O–H groups in total. The summed E-state index contributed by atoms with van der Waals surface area (Å²) in [5.41, 5.74) is -0.974. The molecule has 0 unspecified atom stereocenters. The van der Waals surface area contributed by atoms with Gasteiger partial charge in [-0.15, -0.1) is 0 Å². The molecule has 0 radical (unpaired) electrons. The normalized spacial score (nSPS) is 28.9. The number of aliphatic hydroxyl groups is 2. The number of phenolic OH excluding ortho intramolecular Hbond substituents is 1. The van der Waals surface area contributed by atoms with Gasteiger partial charge in [-0.3, -0.25) is 4.79 Å². The van der Waals surface area contributed by atoms with E-state index >= 15 is 0 Å². The molecule has 1 aliphatic carbocycles. The summed E-state index contributed by atoms with van der Waals surface area (Å²) in [6.45, 7) is 0. The molecule has 1 aromatic rings. The minimum absolute atomic E-state index is 0.0904. The Kier molecular flexibility index (Phi) is 3.17. The van der Waals surface area contributed by atoms with Crippen molar-refractivity contribution >= 4 is 5.78 Å². The summed E-state index contributed by atoms with van der Waals surface area (Å²) < 4.78 is 0. The van der Waals surface area contributed by atoms with E-state index in [-0.39, 0.29) is 24.4 Å². The van der Waals surface area contributed by atoms with Crippen LogP contribution in [-0.4, -0.2) is 32.8 Å². The van der Waals surface area contributed by atoms with Crippen LogP contribution in [-0.2, 0) is 0 Å². The molecule has 0 amide bonds. The molecule has 0 heterocycles. The molecule has 0 saturated heterocycles. The summed E-state index contributed by atoms with van der Waals surface area (Å²) in [7, 11) is 0. The molecule has 0 bridgehead atoms. The van der Waals surface area contributed by atoms with Crippen LogP contribution in [0.15, 0.2) is 24.3 Å². The summed E-state index contributed by atoms with van der Waals surface area (Å²) in [5, 5.41) is 28.8. The number of Topliss-reactive ketones (excluding diaryl/α,β-unsaturated/α-hetero) is 1. The Morgan fingerprint density at radius 2 is 1.71 bits per heavy atom. The number of benzene rings is 1. The maximum atomic E-state index is 12.1. The predicted molar refractivity (Wildman–Crippen MR) is 61.9 cm³/mol. The van der Waals surface area contributed by atoms with Gasteiger partial charge >= 0.3 is 0 Å². The van der Waals surface area contributed by atoms with Crippen molar-refractivity contribution < 1.29 is 20.1 Å². The highest BCUT2D eigenvalue weighted by Crippen LogP contribution is 2.31. The third-order valence-electron chi connectivity index (χ3n) is 3.33. The summed E-state index contributed by atoms with van der Waals surface area (Å²) in [6.07, 6.45) is 1.05. The fraction of sp³-hybridized carbons (Fsp3) is 0.462. The van der Waals surface area contributed by atoms with Crippen LogP contribution in [0.1, 0.15) is 36.0 Å². The van der Waals surface area contributed by atoms with E-state index in [1.165, 1.54) is 24.3 Å². The largest absolute Gasteiger partial charge is 0.508 e. The number of carbonyl (C=O) groups excluding carboxylic acids is 1. The SMILES string of the molecule is O=C(c1ccc(O)cc1)C1(O)CCC(O)CC1. The minimum Gasteiger partial charge on any atom is -0.508 e. The first-order valence-electron chi connectivity index (χ1n) is 5.75. The van der Waals surface area contributed by atoms with E-state index in [1.54, 1.807) is 0 Å². The average molecular weight is 236 g/mol. The van der Waals surface area contributed by atoms with Crippen LogP contribution in [0.3, 0.4) is 0 Å². The third kappa shape index (κ3) is 2.48. The first-order valence-corrected chi connectivity index (χ1v) is 5.75. The highest BCUT2D eigenvalue weighted by Gasteiger charge is 2.39. The van der Waals surface area contributed by atoms with Crippen molar-refractivity contribution in [2.24, 2.45) is 0 Å². The zero-order chi connectivity index (χ0) is 12.5. The van der Waals surface area contributed by atoms with E-state index in [0.29, 0.717) is 18.4 Å². The topological polar surface area (TPSA) is 77.8 Å². The smallest absolute Gasteiger partial charge is 0.194 e. The van der Waals surface area contributed by atoms with Crippen molar-refractivity contribution in [3.8, 4) is 5.75 Å². The van der Waals surface area contributed by atoms with Gasteiger partial charge in [-0.25, -0.2) is 0 Å². The second-order valence-corrected chi connectivity index (χ2v) is 4.64. The lowest BCUT2D eigenvalue weighted by molar-refractivity contribution is -0.0153. The summed E-state index contributed by atoms with van der Waals surface area (Å²) in [6, 6.07) is 5.85. The zero-order valence-electron chi connectivity index (χ0n) is 9.47. The van der Waals surface area contributed by atoms with Gasteiger partial charge in [-0.05, 0) is 49.9 Å². The molecule has 0 aliphatic heterocycles. The summed E-state index contributed by atoms with van der Waals surface area (Å²) in [4.78, 5) is 12.1. The van der Waals surface area contributed by atoms with Gasteiger partial charge in [0, 0.05) is 5.56 Å². The monoisotopic (exact) mass is 236 g/mol. The highest BCUT2D eigenvalue weighted by molar-refractivity contribution is 6.02. The molecular formula is C13H16O4. The molecule has 92 valence electrons. The maximum Gasteiger partial charge on any atom is 0.194 e. The number of aromatic hydroxyl groups is 1. The molecule has 1 saturated carbocycles. The van der Waals surface area contributed by atoms with Gasteiger partial charge < -0.3 is 15.3 Å². The van der Waals surface area contributed by atoms with E-state index in [1.807, 2.05) is 0 Å². The standard InChI is InChI=1S/C13H16O4/c14-10-3-1-9(2-4-10)12(16)13(17)7-5-11(15)6-8-13/h1-4,11,14-15,17H,5-8H2. The highest BCUT2D eigenvalue weighted by atomic mass is 16.3. The van der Waals surface area contributed by atoms with Gasteiger partial charge in [-0.1, -0.05) is 0 Å². The number of hydrogen-bond donors (Lipinski definition) is 3. The van der Waals surface area contributed by atoms with E-state index in [2.05, 4.69) is 0 Å². The van der Waals surface area contributed by atoms with Crippen LogP contribution in [0, 0.1) is 0 Å². The van der Waals surface area contributed by atoms with Crippen LogP contribution < -0.4 is 0 Å². The Labute approximate surface area is 99.5 Å². The quantitative estimate of drug-likeness (QED) is 0.675. The fourth-order valence-corrected chi connectivity index (χ4v) is 2.19. The van der Waals surface area contributed by atoms with E-state index < -0.39 is 11.7 Å². The van der Waals surface area contributed by atoms with Crippen molar-refractivity contribution in [1.82, 2.24) is 0 Å². The molecule has 1 fully saturated rings. The Bertz CT molecular complexity index is 402. The second-order valence-electron chi connectivity index (χ2n) is 4.64. The lowest BCUT2D eigenvalue weighted by Gasteiger charge is -2.32. The van der Waals surface area contributed by atoms with Crippen molar-refractivity contribution in [1.29, 1.82) is 0 Å². The molecular weight excluding hydrogens is 220 g/mol. The Balaban J connectivity index is 2.16. The minimum atomic E-state index is -1.36. The summed E-state index contributed by atoms with van der Waals surface area (Å²) >= 11 is 0. The number of aliphatic hydroxyl groups excluding tert-OH is 1. The van der Waals surface area contributed by atoms with Crippen molar-refractivity contribution in [3.05, 3.63) is 29.8 Å². The van der Waals surface area contributed by atoms with Crippen LogP contribution in [0.2, 0.25) is 0 Å². The van der Waals surface area contributed by atoms with Crippen LogP contribution in [0.4, 0.5) is 0 Å². The first-order chi connectivity index (χ1) is 8.01. The number of ketones is 1. The molecule has 17 heavy (non-hydrogen) atoms. The van der Waals surface area contributed by atoms with Crippen molar-refractivity contribution in [2.75, 3.05) is 0 Å². The van der Waals surface area contributed by atoms with Gasteiger partial charge in [0.15, 0.2) is 5.78 Å². The number of carbonyl (C=O) groups is 1. The molecule has 1 aromatic carbocycles. The van der Waals surface area contributed by atoms with Gasteiger partial charge in [0.05, 0.1) is 6.10 Å². The molecule has 4 heteroatoms. The Morgan fingerprint density at radius 1 is 1.18 bits per heavy atom. The molecule has 1 aliphatic rings. The van der Waals surface area contributed by atoms with Crippen molar-refractivity contribution in [3.63, 3.8) is 0 Å². The van der Waals surface area contributed by atoms with Gasteiger partial charge in [-0.2, -0.15) is 0 Å². The number of hydrogen-bond acceptors (Lipinski definition) is 4. The molecule has 0 spiro atoms. The van der Waals surface area contributed by atoms with Gasteiger partial charge in [0.2, 0.25) is 0 Å². The second kappa shape index (κ2) is 4.47. The predicted octanol–water partition coefficient (Wildman–Crippen LogP) is 1.24. The van der Waals surface area contributed by atoms with Crippen LogP contribution in [0.25, 0.3) is 0 Å². The Morgan fingerprint density at radius 3 is 2.24 bits per heavy atom.